The summed E-state index contributed by atoms with van der Waals surface area (Å²) in [4.78, 5) is 28.6. The van der Waals surface area contributed by atoms with E-state index < -0.39 is 5.97 Å². The van der Waals surface area contributed by atoms with Crippen LogP contribution in [0.1, 0.15) is 33.2 Å². The Morgan fingerprint density at radius 3 is 2.45 bits per heavy atom. The van der Waals surface area contributed by atoms with Crippen LogP contribution in [0.25, 0.3) is 0 Å². The van der Waals surface area contributed by atoms with E-state index in [9.17, 15) is 9.59 Å². The molecule has 0 radical (unpaired) electrons. The zero-order chi connectivity index (χ0) is 23.6. The molecule has 0 aliphatic heterocycles. The minimum Gasteiger partial charge on any atom is -0.493 e. The third-order valence-electron chi connectivity index (χ3n) is 4.39. The lowest BCUT2D eigenvalue weighted by Crippen LogP contribution is -2.17. The largest absolute Gasteiger partial charge is 0.493 e. The van der Waals surface area contributed by atoms with Gasteiger partial charge in [-0.1, -0.05) is 0 Å². The van der Waals surface area contributed by atoms with Gasteiger partial charge in [-0.05, 0) is 61.0 Å². The van der Waals surface area contributed by atoms with Crippen LogP contribution in [0.4, 0.5) is 0 Å². The molecule has 0 atom stereocenters. The van der Waals surface area contributed by atoms with Gasteiger partial charge in [0.15, 0.2) is 23.0 Å². The second kappa shape index (κ2) is 11.3. The average Bonchev–Trinajstić information content (AvgIpc) is 2.85. The minimum absolute atomic E-state index is 0.244. The lowest BCUT2D eigenvalue weighted by atomic mass is 10.2. The van der Waals surface area contributed by atoms with E-state index in [1.165, 1.54) is 32.7 Å². The van der Waals surface area contributed by atoms with Gasteiger partial charge < -0.3 is 18.9 Å². The number of nitrogens with one attached hydrogen (secondary N) is 1. The van der Waals surface area contributed by atoms with E-state index in [1.807, 2.05) is 6.92 Å². The summed E-state index contributed by atoms with van der Waals surface area (Å²) in [6.45, 7) is 2.17. The number of benzene rings is 2. The Hall–Kier alpha value is -4.40. The summed E-state index contributed by atoms with van der Waals surface area (Å²) >= 11 is 0. The van der Waals surface area contributed by atoms with Gasteiger partial charge in [0.1, 0.15) is 0 Å². The van der Waals surface area contributed by atoms with Crippen molar-refractivity contribution in [1.29, 1.82) is 0 Å². The van der Waals surface area contributed by atoms with E-state index >= 15 is 0 Å². The maximum absolute atomic E-state index is 12.7. The van der Waals surface area contributed by atoms with E-state index in [2.05, 4.69) is 15.5 Å². The highest BCUT2D eigenvalue weighted by Gasteiger charge is 2.16. The molecule has 0 spiro atoms. The second-order valence-electron chi connectivity index (χ2n) is 6.54. The van der Waals surface area contributed by atoms with Gasteiger partial charge in [0.2, 0.25) is 0 Å². The Balaban J connectivity index is 1.73. The maximum Gasteiger partial charge on any atom is 0.343 e. The standard InChI is InChI=1S/C24H23N3O6/c1-4-32-22-12-16(14-26-27-23(28)18-6-5-11-25-15-18)7-9-20(22)33-24(29)17-8-10-19(30-2)21(13-17)31-3/h5-15H,4H2,1-3H3,(H,27,28). The van der Waals surface area contributed by atoms with Crippen LogP contribution in [0.5, 0.6) is 23.0 Å². The van der Waals surface area contributed by atoms with Crippen molar-refractivity contribution in [3.63, 3.8) is 0 Å². The van der Waals surface area contributed by atoms with Crippen molar-refractivity contribution in [2.24, 2.45) is 5.10 Å². The molecule has 0 saturated heterocycles. The van der Waals surface area contributed by atoms with Crippen LogP contribution in [0.2, 0.25) is 0 Å². The quantitative estimate of drug-likeness (QED) is 0.231. The van der Waals surface area contributed by atoms with Crippen molar-refractivity contribution >= 4 is 18.1 Å². The predicted octanol–water partition coefficient (Wildman–Crippen LogP) is 3.48. The highest BCUT2D eigenvalue weighted by molar-refractivity contribution is 5.95. The molecule has 1 heterocycles. The zero-order valence-electron chi connectivity index (χ0n) is 18.4. The van der Waals surface area contributed by atoms with Gasteiger partial charge in [-0.3, -0.25) is 9.78 Å². The molecule has 1 N–H and O–H groups in total. The molecule has 9 nitrogen and oxygen atoms in total. The van der Waals surface area contributed by atoms with Gasteiger partial charge >= 0.3 is 5.97 Å². The fourth-order valence-corrected chi connectivity index (χ4v) is 2.81. The summed E-state index contributed by atoms with van der Waals surface area (Å²) < 4.78 is 21.6. The monoisotopic (exact) mass is 449 g/mol. The van der Waals surface area contributed by atoms with E-state index in [0.717, 1.165) is 0 Å². The SMILES string of the molecule is CCOc1cc(C=NNC(=O)c2cccnc2)ccc1OC(=O)c1ccc(OC)c(OC)c1. The number of esters is 1. The summed E-state index contributed by atoms with van der Waals surface area (Å²) in [5.41, 5.74) is 3.75. The Morgan fingerprint density at radius 1 is 0.970 bits per heavy atom. The molecule has 0 fully saturated rings. The Labute approximate surface area is 191 Å². The molecule has 9 heteroatoms. The molecular formula is C24H23N3O6. The first-order valence-electron chi connectivity index (χ1n) is 10.00. The van der Waals surface area contributed by atoms with Crippen LogP contribution < -0.4 is 24.4 Å². The lowest BCUT2D eigenvalue weighted by Gasteiger charge is -2.12. The predicted molar refractivity (Wildman–Crippen MR) is 121 cm³/mol. The first kappa shape index (κ1) is 23.3. The van der Waals surface area contributed by atoms with E-state index in [-0.39, 0.29) is 11.7 Å². The van der Waals surface area contributed by atoms with Crippen molar-refractivity contribution in [1.82, 2.24) is 10.4 Å². The number of rotatable bonds is 9. The summed E-state index contributed by atoms with van der Waals surface area (Å²) in [6, 6.07) is 13.0. The molecular weight excluding hydrogens is 426 g/mol. The van der Waals surface area contributed by atoms with E-state index in [0.29, 0.717) is 40.5 Å². The number of amides is 1. The molecule has 0 aliphatic rings. The van der Waals surface area contributed by atoms with Gasteiger partial charge in [-0.2, -0.15) is 5.10 Å². The Morgan fingerprint density at radius 2 is 1.76 bits per heavy atom. The summed E-state index contributed by atoms with van der Waals surface area (Å²) in [5.74, 6) is 0.550. The van der Waals surface area contributed by atoms with Crippen molar-refractivity contribution < 1.29 is 28.5 Å². The lowest BCUT2D eigenvalue weighted by molar-refractivity contribution is 0.0727. The fraction of sp³-hybridized carbons (Fsp3) is 0.167. The van der Waals surface area contributed by atoms with Gasteiger partial charge in [-0.15, -0.1) is 0 Å². The number of carbonyl (C=O) groups is 2. The molecule has 0 unspecified atom stereocenters. The molecule has 2 aromatic carbocycles. The van der Waals surface area contributed by atoms with Crippen LogP contribution in [0.3, 0.4) is 0 Å². The topological polar surface area (TPSA) is 108 Å². The molecule has 3 rings (SSSR count). The van der Waals surface area contributed by atoms with Gasteiger partial charge in [0, 0.05) is 12.4 Å². The number of hydrazone groups is 1. The zero-order valence-corrected chi connectivity index (χ0v) is 18.4. The Bertz CT molecular complexity index is 1150. The smallest absolute Gasteiger partial charge is 0.343 e. The molecule has 0 saturated carbocycles. The van der Waals surface area contributed by atoms with Gasteiger partial charge in [0.05, 0.1) is 38.2 Å². The van der Waals surface area contributed by atoms with E-state index in [4.69, 9.17) is 18.9 Å². The Kier molecular flexibility index (Phi) is 7.96. The molecule has 33 heavy (non-hydrogen) atoms. The molecule has 1 amide bonds. The average molecular weight is 449 g/mol. The number of pyridine rings is 1. The van der Waals surface area contributed by atoms with Crippen LogP contribution in [0.15, 0.2) is 66.0 Å². The van der Waals surface area contributed by atoms with Crippen LogP contribution >= 0.6 is 0 Å². The fourth-order valence-electron chi connectivity index (χ4n) is 2.81. The van der Waals surface area contributed by atoms with Crippen LogP contribution in [0, 0.1) is 0 Å². The molecule has 170 valence electrons. The number of ether oxygens (including phenoxy) is 4. The summed E-state index contributed by atoms with van der Waals surface area (Å²) in [5, 5.41) is 3.95. The number of hydrogen-bond acceptors (Lipinski definition) is 8. The number of hydrogen-bond donors (Lipinski definition) is 1. The van der Waals surface area contributed by atoms with Crippen LogP contribution in [-0.2, 0) is 0 Å². The normalized spacial score (nSPS) is 10.5. The number of aromatic nitrogens is 1. The number of carbonyl (C=O) groups excluding carboxylic acids is 2. The molecule has 3 aromatic rings. The van der Waals surface area contributed by atoms with Crippen molar-refractivity contribution in [2.75, 3.05) is 20.8 Å². The van der Waals surface area contributed by atoms with Crippen molar-refractivity contribution in [3.05, 3.63) is 77.6 Å². The molecule has 0 aliphatic carbocycles. The first-order valence-corrected chi connectivity index (χ1v) is 10.00. The minimum atomic E-state index is -0.581. The second-order valence-corrected chi connectivity index (χ2v) is 6.54. The number of methoxy groups -OCH3 is 2. The number of nitrogens with zero attached hydrogens (tertiary/aromatic N) is 2. The molecule has 1 aromatic heterocycles. The van der Waals surface area contributed by atoms with Gasteiger partial charge in [0.25, 0.3) is 5.91 Å². The van der Waals surface area contributed by atoms with Crippen LogP contribution in [-0.4, -0.2) is 43.9 Å². The highest BCUT2D eigenvalue weighted by Crippen LogP contribution is 2.31. The highest BCUT2D eigenvalue weighted by atomic mass is 16.6. The summed E-state index contributed by atoms with van der Waals surface area (Å²) in [7, 11) is 3.00. The summed E-state index contributed by atoms with van der Waals surface area (Å²) in [6.07, 6.45) is 4.48. The van der Waals surface area contributed by atoms with Crippen molar-refractivity contribution in [3.8, 4) is 23.0 Å². The van der Waals surface area contributed by atoms with E-state index in [1.54, 1.807) is 48.7 Å². The molecule has 0 bridgehead atoms. The maximum atomic E-state index is 12.7. The third kappa shape index (κ3) is 6.07. The first-order chi connectivity index (χ1) is 16.0. The van der Waals surface area contributed by atoms with Gasteiger partial charge in [-0.25, -0.2) is 10.2 Å². The van der Waals surface area contributed by atoms with Crippen molar-refractivity contribution in [2.45, 2.75) is 6.92 Å². The third-order valence-corrected chi connectivity index (χ3v) is 4.39.